The molecule has 60 heavy (non-hydrogen) atoms. The molecule has 2 aromatic heterocycles. The molecule has 3 heterocycles. The molecule has 1 spiro atoms. The first-order valence-corrected chi connectivity index (χ1v) is 20.7. The van der Waals surface area contributed by atoms with Crippen molar-refractivity contribution in [3.05, 3.63) is 235 Å². The largest absolute Gasteiger partial charge is 0.309 e. The van der Waals surface area contributed by atoms with E-state index in [1.165, 1.54) is 71.6 Å². The third-order valence-corrected chi connectivity index (χ3v) is 13.0. The summed E-state index contributed by atoms with van der Waals surface area (Å²) < 4.78 is 2.52. The summed E-state index contributed by atoms with van der Waals surface area (Å²) in [6.45, 7) is 0. The van der Waals surface area contributed by atoms with Crippen molar-refractivity contribution >= 4 is 32.6 Å². The van der Waals surface area contributed by atoms with Gasteiger partial charge in [-0.1, -0.05) is 182 Å². The molecule has 278 valence electrons. The highest BCUT2D eigenvalue weighted by Crippen LogP contribution is 2.61. The van der Waals surface area contributed by atoms with Crippen molar-refractivity contribution in [2.75, 3.05) is 0 Å². The van der Waals surface area contributed by atoms with Gasteiger partial charge in [0.15, 0.2) is 5.82 Å². The lowest BCUT2D eigenvalue weighted by molar-refractivity contribution is 0.749. The van der Waals surface area contributed by atoms with Gasteiger partial charge in [-0.25, -0.2) is 9.97 Å². The lowest BCUT2D eigenvalue weighted by Gasteiger charge is -2.40. The molecule has 0 fully saturated rings. The molecular formula is C57H35N3. The second-order valence-corrected chi connectivity index (χ2v) is 16.1. The number of rotatable bonds is 4. The molecule has 3 heteroatoms. The molecule has 0 atom stereocenters. The highest BCUT2D eigenvalue weighted by atomic mass is 15.0. The summed E-state index contributed by atoms with van der Waals surface area (Å²) in [5.41, 5.74) is 18.2. The maximum absolute atomic E-state index is 5.32. The van der Waals surface area contributed by atoms with Gasteiger partial charge in [-0.15, -0.1) is 0 Å². The van der Waals surface area contributed by atoms with Gasteiger partial charge in [-0.05, 0) is 85.6 Å². The number of nitrogens with zero attached hydrogens (tertiary/aromatic N) is 3. The molecule has 0 unspecified atom stereocenters. The van der Waals surface area contributed by atoms with E-state index >= 15 is 0 Å². The average Bonchev–Trinajstić information content (AvgIpc) is 3.82. The third kappa shape index (κ3) is 4.54. The number of hydrogen-bond donors (Lipinski definition) is 0. The maximum Gasteiger partial charge on any atom is 0.160 e. The van der Waals surface area contributed by atoms with E-state index in [9.17, 15) is 0 Å². The first-order valence-electron chi connectivity index (χ1n) is 20.7. The van der Waals surface area contributed by atoms with Gasteiger partial charge in [-0.3, -0.25) is 0 Å². The van der Waals surface area contributed by atoms with E-state index < -0.39 is 5.41 Å². The molecule has 1 aliphatic carbocycles. The Morgan fingerprint density at radius 3 is 1.78 bits per heavy atom. The fourth-order valence-electron chi connectivity index (χ4n) is 10.5. The SMILES string of the molecule is c1ccc(-c2cc(-c3cccc4ccccc34)nc(-c3cccc(-c4ccc5c(c4)C4(c6ccccc6-c6ccccc64)c4cccc6c7ccccc7n-5c46)c3)n2)cc1. The lowest BCUT2D eigenvalue weighted by Crippen LogP contribution is -2.33. The normalized spacial score (nSPS) is 13.1. The van der Waals surface area contributed by atoms with Crippen LogP contribution in [0.3, 0.4) is 0 Å². The summed E-state index contributed by atoms with van der Waals surface area (Å²) in [4.78, 5) is 10.6. The molecule has 0 radical (unpaired) electrons. The number of para-hydroxylation sites is 2. The number of fused-ring (bicyclic) bond motifs is 13. The molecule has 0 saturated heterocycles. The van der Waals surface area contributed by atoms with E-state index in [1.54, 1.807) is 0 Å². The van der Waals surface area contributed by atoms with Crippen molar-refractivity contribution in [3.63, 3.8) is 0 Å². The van der Waals surface area contributed by atoms with E-state index in [2.05, 4.69) is 211 Å². The predicted molar refractivity (Wildman–Crippen MR) is 246 cm³/mol. The predicted octanol–water partition coefficient (Wildman–Crippen LogP) is 14.1. The fourth-order valence-corrected chi connectivity index (χ4v) is 10.5. The zero-order valence-electron chi connectivity index (χ0n) is 32.5. The van der Waals surface area contributed by atoms with Crippen molar-refractivity contribution in [2.24, 2.45) is 0 Å². The van der Waals surface area contributed by atoms with Crippen LogP contribution in [-0.4, -0.2) is 14.5 Å². The zero-order chi connectivity index (χ0) is 39.4. The third-order valence-electron chi connectivity index (χ3n) is 13.0. The van der Waals surface area contributed by atoms with Crippen LogP contribution < -0.4 is 0 Å². The summed E-state index contributed by atoms with van der Waals surface area (Å²) in [6.07, 6.45) is 0. The molecule has 3 nitrogen and oxygen atoms in total. The average molecular weight is 762 g/mol. The van der Waals surface area contributed by atoms with Gasteiger partial charge in [0.25, 0.3) is 0 Å². The molecule has 0 saturated carbocycles. The number of hydrogen-bond acceptors (Lipinski definition) is 2. The van der Waals surface area contributed by atoms with E-state index in [1.807, 2.05) is 6.07 Å². The zero-order valence-corrected chi connectivity index (χ0v) is 32.5. The second kappa shape index (κ2) is 12.6. The van der Waals surface area contributed by atoms with Crippen molar-refractivity contribution < 1.29 is 0 Å². The fraction of sp³-hybridized carbons (Fsp3) is 0.0175. The first kappa shape index (κ1) is 33.1. The van der Waals surface area contributed by atoms with Crippen LogP contribution in [0.1, 0.15) is 22.3 Å². The standard InChI is InChI=1S/C57H35N3/c1-2-16-37(17-3-1)51-35-52(44-25-13-18-36-15-4-5-21-41(36)44)59-56(58-51)40-20-12-19-38(33-40)39-31-32-54-50(34-39)57(47-27-9-6-22-42(47)43-23-7-10-28-48(43)57)49-29-14-26-46-45-24-8-11-30-53(45)60(54)55(46)49/h1-35H. The Kier molecular flexibility index (Phi) is 6.93. The van der Waals surface area contributed by atoms with Crippen molar-refractivity contribution in [1.29, 1.82) is 0 Å². The van der Waals surface area contributed by atoms with Gasteiger partial charge in [0, 0.05) is 27.5 Å². The molecule has 13 rings (SSSR count). The number of aromatic nitrogens is 3. The smallest absolute Gasteiger partial charge is 0.160 e. The Morgan fingerprint density at radius 1 is 0.350 bits per heavy atom. The van der Waals surface area contributed by atoms with Crippen molar-refractivity contribution in [2.45, 2.75) is 5.41 Å². The van der Waals surface area contributed by atoms with Crippen LogP contribution in [0.4, 0.5) is 0 Å². The van der Waals surface area contributed by atoms with Crippen LogP contribution in [0.15, 0.2) is 212 Å². The van der Waals surface area contributed by atoms with Crippen LogP contribution in [0.2, 0.25) is 0 Å². The first-order chi connectivity index (χ1) is 29.8. The van der Waals surface area contributed by atoms with Crippen LogP contribution in [0.25, 0.3) is 94.4 Å². The topological polar surface area (TPSA) is 30.7 Å². The van der Waals surface area contributed by atoms with Gasteiger partial charge in [-0.2, -0.15) is 0 Å². The Bertz CT molecular complexity index is 3510. The van der Waals surface area contributed by atoms with E-state index in [0.717, 1.165) is 39.2 Å². The summed E-state index contributed by atoms with van der Waals surface area (Å²) >= 11 is 0. The van der Waals surface area contributed by atoms with Gasteiger partial charge in [0.05, 0.1) is 33.5 Å². The van der Waals surface area contributed by atoms with Gasteiger partial charge < -0.3 is 4.57 Å². The molecule has 1 aliphatic heterocycles. The molecule has 11 aromatic rings. The highest BCUT2D eigenvalue weighted by Gasteiger charge is 2.50. The Hall–Kier alpha value is -7.88. The van der Waals surface area contributed by atoms with Gasteiger partial charge in [0.1, 0.15) is 0 Å². The van der Waals surface area contributed by atoms with Crippen LogP contribution in [0, 0.1) is 0 Å². The second-order valence-electron chi connectivity index (χ2n) is 16.1. The van der Waals surface area contributed by atoms with Crippen molar-refractivity contribution in [3.8, 4) is 61.8 Å². The molecule has 9 aromatic carbocycles. The number of benzene rings is 9. The van der Waals surface area contributed by atoms with Gasteiger partial charge >= 0.3 is 0 Å². The monoisotopic (exact) mass is 761 g/mol. The minimum atomic E-state index is -0.513. The van der Waals surface area contributed by atoms with Crippen LogP contribution >= 0.6 is 0 Å². The summed E-state index contributed by atoms with van der Waals surface area (Å²) in [5.74, 6) is 0.698. The Balaban J connectivity index is 1.05. The summed E-state index contributed by atoms with van der Waals surface area (Å²) in [7, 11) is 0. The summed E-state index contributed by atoms with van der Waals surface area (Å²) in [5, 5.41) is 4.92. The summed E-state index contributed by atoms with van der Waals surface area (Å²) in [6, 6.07) is 77.3. The van der Waals surface area contributed by atoms with E-state index in [0.29, 0.717) is 5.82 Å². The molecule has 0 amide bonds. The molecule has 0 N–H and O–H groups in total. The molecule has 0 bridgehead atoms. The quantitative estimate of drug-likeness (QED) is 0.179. The van der Waals surface area contributed by atoms with Crippen molar-refractivity contribution in [1.82, 2.24) is 14.5 Å². The van der Waals surface area contributed by atoms with E-state index in [-0.39, 0.29) is 0 Å². The Labute approximate surface area is 347 Å². The maximum atomic E-state index is 5.32. The minimum Gasteiger partial charge on any atom is -0.309 e. The Morgan fingerprint density at radius 2 is 0.933 bits per heavy atom. The van der Waals surface area contributed by atoms with E-state index in [4.69, 9.17) is 9.97 Å². The van der Waals surface area contributed by atoms with Crippen LogP contribution in [-0.2, 0) is 5.41 Å². The van der Waals surface area contributed by atoms with Crippen LogP contribution in [0.5, 0.6) is 0 Å². The molecular weight excluding hydrogens is 727 g/mol. The van der Waals surface area contributed by atoms with Gasteiger partial charge in [0.2, 0.25) is 0 Å². The highest BCUT2D eigenvalue weighted by molar-refractivity contribution is 6.13. The molecule has 2 aliphatic rings. The lowest BCUT2D eigenvalue weighted by atomic mass is 9.65. The minimum absolute atomic E-state index is 0.513.